The Morgan fingerprint density at radius 2 is 2.13 bits per heavy atom. The van der Waals surface area contributed by atoms with E-state index < -0.39 is 0 Å². The molecule has 2 unspecified atom stereocenters. The van der Waals surface area contributed by atoms with E-state index in [1.165, 1.54) is 0 Å². The average Bonchev–Trinajstić information content (AvgIpc) is 3.25. The number of hydrogen-bond donors (Lipinski definition) is 0. The fourth-order valence-corrected chi connectivity index (χ4v) is 3.77. The number of ether oxygens (including phenoxy) is 1. The number of likely N-dealkylation sites (tertiary alicyclic amines) is 1. The van der Waals surface area contributed by atoms with Crippen LogP contribution in [0.2, 0.25) is 0 Å². The van der Waals surface area contributed by atoms with Crippen molar-refractivity contribution >= 4 is 5.91 Å². The second-order valence-corrected chi connectivity index (χ2v) is 6.59. The third kappa shape index (κ3) is 4.12. The molecule has 0 N–H and O–H groups in total. The van der Waals surface area contributed by atoms with Crippen LogP contribution in [0.15, 0.2) is 18.7 Å². The minimum Gasteiger partial charge on any atom is -0.379 e. The first-order valence-electron chi connectivity index (χ1n) is 8.83. The molecule has 128 valence electrons. The Balaban J connectivity index is 1.48. The van der Waals surface area contributed by atoms with Crippen LogP contribution < -0.4 is 0 Å². The van der Waals surface area contributed by atoms with E-state index in [1.54, 1.807) is 6.20 Å². The maximum atomic E-state index is 12.5. The van der Waals surface area contributed by atoms with E-state index in [4.69, 9.17) is 4.74 Å². The fraction of sp³-hybridized carbons (Fsp3) is 0.765. The van der Waals surface area contributed by atoms with Gasteiger partial charge in [-0.05, 0) is 12.3 Å². The van der Waals surface area contributed by atoms with Crippen molar-refractivity contribution in [3.05, 3.63) is 18.7 Å². The Kier molecular flexibility index (Phi) is 5.67. The van der Waals surface area contributed by atoms with Crippen LogP contribution in [0, 0.1) is 5.92 Å². The molecule has 0 bridgehead atoms. The fourth-order valence-electron chi connectivity index (χ4n) is 3.77. The van der Waals surface area contributed by atoms with Crippen molar-refractivity contribution in [1.82, 2.24) is 19.4 Å². The highest BCUT2D eigenvalue weighted by Crippen LogP contribution is 2.26. The lowest BCUT2D eigenvalue weighted by Gasteiger charge is -2.34. The number of aryl methyl sites for hydroxylation is 1. The van der Waals surface area contributed by atoms with E-state index >= 15 is 0 Å². The van der Waals surface area contributed by atoms with Crippen LogP contribution in [-0.2, 0) is 16.1 Å². The maximum absolute atomic E-state index is 12.5. The van der Waals surface area contributed by atoms with Gasteiger partial charge in [-0.15, -0.1) is 0 Å². The van der Waals surface area contributed by atoms with Gasteiger partial charge in [0.15, 0.2) is 0 Å². The van der Waals surface area contributed by atoms with E-state index in [1.807, 2.05) is 17.1 Å². The lowest BCUT2D eigenvalue weighted by Crippen LogP contribution is -2.47. The number of hydrogen-bond acceptors (Lipinski definition) is 4. The summed E-state index contributed by atoms with van der Waals surface area (Å²) in [6.07, 6.45) is 8.18. The molecule has 2 aliphatic heterocycles. The van der Waals surface area contributed by atoms with Gasteiger partial charge in [-0.3, -0.25) is 9.69 Å². The predicted octanol–water partition coefficient (Wildman–Crippen LogP) is 1.23. The van der Waals surface area contributed by atoms with Gasteiger partial charge in [-0.2, -0.15) is 0 Å². The zero-order valence-corrected chi connectivity index (χ0v) is 14.1. The number of nitrogens with zero attached hydrogens (tertiary/aromatic N) is 4. The summed E-state index contributed by atoms with van der Waals surface area (Å²) in [5, 5.41) is 0. The van der Waals surface area contributed by atoms with Gasteiger partial charge >= 0.3 is 0 Å². The van der Waals surface area contributed by atoms with E-state index in [-0.39, 0.29) is 0 Å². The number of aromatic nitrogens is 2. The standard InChI is InChI=1S/C17H28N4O2/c1-2-15-12-21(13-16(15)20-8-10-23-11-9-20)17(22)4-3-6-19-7-5-18-14-19/h5,7,14-16H,2-4,6,8-13H2,1H3. The van der Waals surface area contributed by atoms with Crippen LogP contribution in [0.3, 0.4) is 0 Å². The van der Waals surface area contributed by atoms with Crippen LogP contribution in [0.25, 0.3) is 0 Å². The molecule has 2 atom stereocenters. The summed E-state index contributed by atoms with van der Waals surface area (Å²) in [5.74, 6) is 0.907. The van der Waals surface area contributed by atoms with Crippen molar-refractivity contribution in [2.75, 3.05) is 39.4 Å². The van der Waals surface area contributed by atoms with Crippen molar-refractivity contribution < 1.29 is 9.53 Å². The van der Waals surface area contributed by atoms with E-state index in [2.05, 4.69) is 21.7 Å². The van der Waals surface area contributed by atoms with Gasteiger partial charge in [-0.1, -0.05) is 13.3 Å². The molecule has 2 aliphatic rings. The first-order valence-corrected chi connectivity index (χ1v) is 8.83. The van der Waals surface area contributed by atoms with Crippen molar-refractivity contribution in [2.45, 2.75) is 38.8 Å². The SMILES string of the molecule is CCC1CN(C(=O)CCCn2ccnc2)CC1N1CCOCC1. The minimum atomic E-state index is 0.305. The molecule has 1 amide bonds. The molecule has 1 aromatic rings. The van der Waals surface area contributed by atoms with Crippen LogP contribution in [-0.4, -0.2) is 70.7 Å². The number of amides is 1. The highest BCUT2D eigenvalue weighted by molar-refractivity contribution is 5.76. The van der Waals surface area contributed by atoms with E-state index in [9.17, 15) is 4.79 Å². The predicted molar refractivity (Wildman–Crippen MR) is 88.0 cm³/mol. The van der Waals surface area contributed by atoms with Crippen molar-refractivity contribution in [3.63, 3.8) is 0 Å². The number of carbonyl (C=O) groups is 1. The van der Waals surface area contributed by atoms with Crippen LogP contribution in [0.5, 0.6) is 0 Å². The second kappa shape index (κ2) is 7.93. The van der Waals surface area contributed by atoms with Gasteiger partial charge in [0.1, 0.15) is 0 Å². The second-order valence-electron chi connectivity index (χ2n) is 6.59. The highest BCUT2D eigenvalue weighted by atomic mass is 16.5. The molecule has 2 fully saturated rings. The summed E-state index contributed by atoms with van der Waals surface area (Å²) in [5.41, 5.74) is 0. The molecule has 23 heavy (non-hydrogen) atoms. The zero-order chi connectivity index (χ0) is 16.1. The van der Waals surface area contributed by atoms with Crippen molar-refractivity contribution in [2.24, 2.45) is 5.92 Å². The number of carbonyl (C=O) groups excluding carboxylic acids is 1. The molecule has 0 radical (unpaired) electrons. The van der Waals surface area contributed by atoms with Gasteiger partial charge in [0, 0.05) is 57.6 Å². The minimum absolute atomic E-state index is 0.305. The van der Waals surface area contributed by atoms with Gasteiger partial charge in [-0.25, -0.2) is 4.98 Å². The van der Waals surface area contributed by atoms with Crippen molar-refractivity contribution in [3.8, 4) is 0 Å². The quantitative estimate of drug-likeness (QED) is 0.791. The van der Waals surface area contributed by atoms with Crippen LogP contribution >= 0.6 is 0 Å². The first kappa shape index (κ1) is 16.5. The van der Waals surface area contributed by atoms with Crippen LogP contribution in [0.1, 0.15) is 26.2 Å². The normalized spacial score (nSPS) is 25.9. The van der Waals surface area contributed by atoms with E-state index in [0.717, 1.165) is 58.8 Å². The number of rotatable bonds is 6. The van der Waals surface area contributed by atoms with Crippen molar-refractivity contribution in [1.29, 1.82) is 0 Å². The molecular weight excluding hydrogens is 292 g/mol. The average molecular weight is 320 g/mol. The van der Waals surface area contributed by atoms with Gasteiger partial charge in [0.25, 0.3) is 0 Å². The van der Waals surface area contributed by atoms with Gasteiger partial charge in [0.05, 0.1) is 19.5 Å². The molecule has 3 rings (SSSR count). The van der Waals surface area contributed by atoms with Crippen LogP contribution in [0.4, 0.5) is 0 Å². The molecule has 6 nitrogen and oxygen atoms in total. The van der Waals surface area contributed by atoms with Gasteiger partial charge < -0.3 is 14.2 Å². The molecule has 0 spiro atoms. The molecule has 3 heterocycles. The topological polar surface area (TPSA) is 50.6 Å². The third-order valence-electron chi connectivity index (χ3n) is 5.16. The Hall–Kier alpha value is -1.40. The Bertz CT molecular complexity index is 485. The lowest BCUT2D eigenvalue weighted by atomic mass is 9.99. The summed E-state index contributed by atoms with van der Waals surface area (Å²) in [4.78, 5) is 21.2. The molecule has 2 saturated heterocycles. The first-order chi connectivity index (χ1) is 11.3. The Labute approximate surface area is 138 Å². The highest BCUT2D eigenvalue weighted by Gasteiger charge is 2.37. The smallest absolute Gasteiger partial charge is 0.222 e. The summed E-state index contributed by atoms with van der Waals surface area (Å²) in [6.45, 7) is 8.57. The zero-order valence-electron chi connectivity index (χ0n) is 14.1. The lowest BCUT2D eigenvalue weighted by molar-refractivity contribution is -0.130. The van der Waals surface area contributed by atoms with E-state index in [0.29, 0.717) is 24.3 Å². The summed E-state index contributed by atoms with van der Waals surface area (Å²) in [7, 11) is 0. The molecule has 0 saturated carbocycles. The molecule has 6 heteroatoms. The number of imidazole rings is 1. The third-order valence-corrected chi connectivity index (χ3v) is 5.16. The molecule has 0 aliphatic carbocycles. The summed E-state index contributed by atoms with van der Waals surface area (Å²) < 4.78 is 7.49. The Morgan fingerprint density at radius 1 is 1.30 bits per heavy atom. The summed E-state index contributed by atoms with van der Waals surface area (Å²) >= 11 is 0. The molecule has 1 aromatic heterocycles. The monoisotopic (exact) mass is 320 g/mol. The maximum Gasteiger partial charge on any atom is 0.222 e. The number of morpholine rings is 1. The van der Waals surface area contributed by atoms with Gasteiger partial charge in [0.2, 0.25) is 5.91 Å². The molecular formula is C17H28N4O2. The Morgan fingerprint density at radius 3 is 2.83 bits per heavy atom. The summed E-state index contributed by atoms with van der Waals surface area (Å²) in [6, 6.07) is 0.515. The largest absolute Gasteiger partial charge is 0.379 e. The molecule has 0 aromatic carbocycles.